The van der Waals surface area contributed by atoms with Gasteiger partial charge in [-0.2, -0.15) is 0 Å². The second kappa shape index (κ2) is 9.74. The molecule has 1 amide bonds. The maximum absolute atomic E-state index is 13.4. The number of aryl methyl sites for hydroxylation is 1. The molecule has 1 aromatic heterocycles. The van der Waals surface area contributed by atoms with Gasteiger partial charge in [0.2, 0.25) is 5.91 Å². The lowest BCUT2D eigenvalue weighted by molar-refractivity contribution is -0.383. The number of aldehydes is 1. The third kappa shape index (κ3) is 4.70. The van der Waals surface area contributed by atoms with Gasteiger partial charge in [-0.15, -0.1) is 0 Å². The third-order valence-electron chi connectivity index (χ3n) is 5.98. The van der Waals surface area contributed by atoms with Gasteiger partial charge in [-0.25, -0.2) is 0 Å². The van der Waals surface area contributed by atoms with E-state index < -0.39 is 17.0 Å². The summed E-state index contributed by atoms with van der Waals surface area (Å²) in [6, 6.07) is 11.5. The predicted octanol–water partition coefficient (Wildman–Crippen LogP) is 3.13. The first kappa shape index (κ1) is 23.1. The largest absolute Gasteiger partial charge is 0.361 e. The van der Waals surface area contributed by atoms with Crippen LogP contribution in [0.4, 0.5) is 5.69 Å². The van der Waals surface area contributed by atoms with Gasteiger partial charge in [-0.3, -0.25) is 19.8 Å². The normalized spacial score (nSPS) is 13.2. The van der Waals surface area contributed by atoms with E-state index in [-0.39, 0.29) is 18.0 Å². The van der Waals surface area contributed by atoms with Crippen molar-refractivity contribution in [3.63, 3.8) is 0 Å². The Morgan fingerprint density at radius 1 is 1.09 bits per heavy atom. The fourth-order valence-electron chi connectivity index (χ4n) is 3.99. The minimum Gasteiger partial charge on any atom is -0.361 e. The number of aromatic amines is 1. The number of rotatable bonds is 9. The van der Waals surface area contributed by atoms with Crippen molar-refractivity contribution < 1.29 is 14.5 Å². The SMILES string of the molecule is Cc1ccccc1CC(C=O)N(C)C(=O)C(Cc1c[nH]c2cccc([N+](=O)[O-])c12)N(C)C. The van der Waals surface area contributed by atoms with Crippen LogP contribution in [0, 0.1) is 17.0 Å². The zero-order chi connectivity index (χ0) is 23.4. The first-order valence-corrected chi connectivity index (χ1v) is 10.4. The number of carbonyl (C=O) groups is 2. The molecule has 1 N–H and O–H groups in total. The highest BCUT2D eigenvalue weighted by atomic mass is 16.6. The van der Waals surface area contributed by atoms with E-state index in [4.69, 9.17) is 0 Å². The number of non-ortho nitro benzene ring substituents is 1. The number of aromatic nitrogens is 1. The predicted molar refractivity (Wildman–Crippen MR) is 124 cm³/mol. The second-order valence-electron chi connectivity index (χ2n) is 8.24. The van der Waals surface area contributed by atoms with Crippen molar-refractivity contribution in [3.8, 4) is 0 Å². The Kier molecular flexibility index (Phi) is 7.05. The van der Waals surface area contributed by atoms with E-state index in [1.807, 2.05) is 31.2 Å². The summed E-state index contributed by atoms with van der Waals surface area (Å²) in [6.07, 6.45) is 3.22. The third-order valence-corrected chi connectivity index (χ3v) is 5.98. The Labute approximate surface area is 187 Å². The summed E-state index contributed by atoms with van der Waals surface area (Å²) in [4.78, 5) is 42.7. The van der Waals surface area contributed by atoms with Crippen LogP contribution in [0.25, 0.3) is 10.9 Å². The summed E-state index contributed by atoms with van der Waals surface area (Å²) in [6.45, 7) is 1.98. The van der Waals surface area contributed by atoms with E-state index in [0.717, 1.165) is 17.4 Å². The number of fused-ring (bicyclic) bond motifs is 1. The summed E-state index contributed by atoms with van der Waals surface area (Å²) < 4.78 is 0. The van der Waals surface area contributed by atoms with Crippen LogP contribution in [0.15, 0.2) is 48.7 Å². The summed E-state index contributed by atoms with van der Waals surface area (Å²) >= 11 is 0. The molecule has 3 rings (SSSR count). The fraction of sp³-hybridized carbons (Fsp3) is 0.333. The number of nitrogens with one attached hydrogen (secondary N) is 1. The number of carbonyl (C=O) groups excluding carboxylic acids is 2. The van der Waals surface area contributed by atoms with Gasteiger partial charge < -0.3 is 14.7 Å². The van der Waals surface area contributed by atoms with E-state index in [1.165, 1.54) is 11.0 Å². The van der Waals surface area contributed by atoms with Gasteiger partial charge in [0.1, 0.15) is 6.29 Å². The zero-order valence-corrected chi connectivity index (χ0v) is 18.7. The monoisotopic (exact) mass is 436 g/mol. The molecule has 2 aromatic carbocycles. The summed E-state index contributed by atoms with van der Waals surface area (Å²) in [5, 5.41) is 12.0. The van der Waals surface area contributed by atoms with Crippen molar-refractivity contribution in [2.24, 2.45) is 0 Å². The Hall–Kier alpha value is -3.52. The quantitative estimate of drug-likeness (QED) is 0.316. The van der Waals surface area contributed by atoms with Crippen molar-refractivity contribution in [1.82, 2.24) is 14.8 Å². The molecule has 8 heteroatoms. The van der Waals surface area contributed by atoms with Crippen LogP contribution >= 0.6 is 0 Å². The number of likely N-dealkylation sites (N-methyl/N-ethyl adjacent to an activating group) is 2. The molecule has 32 heavy (non-hydrogen) atoms. The Morgan fingerprint density at radius 3 is 2.44 bits per heavy atom. The van der Waals surface area contributed by atoms with Crippen LogP contribution in [0.1, 0.15) is 16.7 Å². The molecular formula is C24H28N4O4. The highest BCUT2D eigenvalue weighted by molar-refractivity contribution is 5.93. The molecule has 3 aromatic rings. The molecule has 0 saturated heterocycles. The average Bonchev–Trinajstić information content (AvgIpc) is 3.18. The lowest BCUT2D eigenvalue weighted by atomic mass is 9.99. The van der Waals surface area contributed by atoms with Crippen LogP contribution in [0.5, 0.6) is 0 Å². The molecule has 2 unspecified atom stereocenters. The topological polar surface area (TPSA) is 99.5 Å². The van der Waals surface area contributed by atoms with Gasteiger partial charge in [0.05, 0.1) is 27.9 Å². The summed E-state index contributed by atoms with van der Waals surface area (Å²) in [5.41, 5.74) is 3.42. The first-order chi connectivity index (χ1) is 15.2. The summed E-state index contributed by atoms with van der Waals surface area (Å²) in [7, 11) is 5.21. The smallest absolute Gasteiger partial charge is 0.279 e. The van der Waals surface area contributed by atoms with E-state index in [0.29, 0.717) is 22.9 Å². The van der Waals surface area contributed by atoms with Gasteiger partial charge >= 0.3 is 0 Å². The van der Waals surface area contributed by atoms with Crippen molar-refractivity contribution in [2.75, 3.05) is 21.1 Å². The number of benzene rings is 2. The van der Waals surface area contributed by atoms with Crippen molar-refractivity contribution in [3.05, 3.63) is 75.5 Å². The van der Waals surface area contributed by atoms with Crippen LogP contribution in [-0.4, -0.2) is 65.1 Å². The Balaban J connectivity index is 1.87. The van der Waals surface area contributed by atoms with E-state index >= 15 is 0 Å². The molecule has 2 atom stereocenters. The molecular weight excluding hydrogens is 408 g/mol. The van der Waals surface area contributed by atoms with E-state index in [2.05, 4.69) is 4.98 Å². The number of hydrogen-bond donors (Lipinski definition) is 1. The maximum atomic E-state index is 13.4. The molecule has 0 saturated carbocycles. The fourth-order valence-corrected chi connectivity index (χ4v) is 3.99. The highest BCUT2D eigenvalue weighted by Crippen LogP contribution is 2.30. The van der Waals surface area contributed by atoms with Crippen molar-refractivity contribution >= 4 is 28.8 Å². The Morgan fingerprint density at radius 2 is 1.81 bits per heavy atom. The zero-order valence-electron chi connectivity index (χ0n) is 18.7. The molecule has 0 bridgehead atoms. The molecule has 0 aliphatic carbocycles. The van der Waals surface area contributed by atoms with Crippen LogP contribution in [0.3, 0.4) is 0 Å². The average molecular weight is 437 g/mol. The van der Waals surface area contributed by atoms with Gasteiger partial charge in [0.15, 0.2) is 0 Å². The number of H-pyrrole nitrogens is 1. The first-order valence-electron chi connectivity index (χ1n) is 10.4. The molecule has 0 aliphatic rings. The standard InChI is InChI=1S/C24H28N4O4/c1-16-8-5-6-9-17(16)12-19(15-29)27(4)24(30)22(26(2)3)13-18-14-25-20-10-7-11-21(23(18)20)28(31)32/h5-11,14-15,19,22,25H,12-13H2,1-4H3. The number of amides is 1. The van der Waals surface area contributed by atoms with Gasteiger partial charge in [0.25, 0.3) is 5.69 Å². The van der Waals surface area contributed by atoms with Gasteiger partial charge in [-0.1, -0.05) is 30.3 Å². The Bertz CT molecular complexity index is 1140. The van der Waals surface area contributed by atoms with Gasteiger partial charge in [-0.05, 0) is 56.6 Å². The van der Waals surface area contributed by atoms with Crippen LogP contribution in [-0.2, 0) is 22.4 Å². The summed E-state index contributed by atoms with van der Waals surface area (Å²) in [5.74, 6) is -0.214. The number of nitro benzene ring substituents is 1. The molecule has 0 radical (unpaired) electrons. The lowest BCUT2D eigenvalue weighted by Crippen LogP contribution is -2.50. The molecule has 0 aliphatic heterocycles. The minimum atomic E-state index is -0.608. The van der Waals surface area contributed by atoms with Crippen LogP contribution in [0.2, 0.25) is 0 Å². The maximum Gasteiger partial charge on any atom is 0.279 e. The molecule has 1 heterocycles. The highest BCUT2D eigenvalue weighted by Gasteiger charge is 2.30. The molecule has 168 valence electrons. The van der Waals surface area contributed by atoms with E-state index in [9.17, 15) is 19.7 Å². The molecule has 0 spiro atoms. The molecule has 8 nitrogen and oxygen atoms in total. The second-order valence-corrected chi connectivity index (χ2v) is 8.24. The number of nitrogens with zero attached hydrogens (tertiary/aromatic N) is 3. The minimum absolute atomic E-state index is 0.00220. The van der Waals surface area contributed by atoms with E-state index in [1.54, 1.807) is 44.4 Å². The van der Waals surface area contributed by atoms with Crippen molar-refractivity contribution in [1.29, 1.82) is 0 Å². The van der Waals surface area contributed by atoms with Gasteiger partial charge in [0, 0.05) is 19.3 Å². The molecule has 0 fully saturated rings. The lowest BCUT2D eigenvalue weighted by Gasteiger charge is -2.31. The number of hydrogen-bond acceptors (Lipinski definition) is 5. The van der Waals surface area contributed by atoms with Crippen molar-refractivity contribution in [2.45, 2.75) is 31.8 Å². The number of nitro groups is 1. The van der Waals surface area contributed by atoms with Crippen LogP contribution < -0.4 is 0 Å².